The fourth-order valence-electron chi connectivity index (χ4n) is 5.23. The van der Waals surface area contributed by atoms with Crippen molar-refractivity contribution in [2.24, 2.45) is 0 Å². The molecule has 0 aliphatic heterocycles. The van der Waals surface area contributed by atoms with Crippen molar-refractivity contribution >= 4 is 29.0 Å². The third-order valence-corrected chi connectivity index (χ3v) is 7.79. The van der Waals surface area contributed by atoms with Crippen molar-refractivity contribution in [3.8, 4) is 33.8 Å². The van der Waals surface area contributed by atoms with Crippen LogP contribution < -0.4 is 14.4 Å². The number of esters is 2. The highest BCUT2D eigenvalue weighted by Crippen LogP contribution is 2.38. The van der Waals surface area contributed by atoms with E-state index in [0.717, 1.165) is 70.7 Å². The lowest BCUT2D eigenvalue weighted by molar-refractivity contribution is -0.129. The lowest BCUT2D eigenvalue weighted by atomic mass is 10.0. The van der Waals surface area contributed by atoms with Crippen molar-refractivity contribution in [2.75, 3.05) is 4.90 Å². The molecular weight excluding hydrogens is 570 g/mol. The van der Waals surface area contributed by atoms with Gasteiger partial charge in [-0.2, -0.15) is 0 Å². The second-order valence-electron chi connectivity index (χ2n) is 10.9. The Kier molecular flexibility index (Phi) is 10.3. The summed E-state index contributed by atoms with van der Waals surface area (Å²) < 4.78 is 10.4. The average Bonchev–Trinajstić information content (AvgIpc) is 3.09. The number of benzene rings is 5. The minimum absolute atomic E-state index is 0.477. The van der Waals surface area contributed by atoms with Crippen LogP contribution in [0.5, 0.6) is 11.5 Å². The van der Waals surface area contributed by atoms with Crippen molar-refractivity contribution < 1.29 is 19.1 Å². The van der Waals surface area contributed by atoms with Crippen LogP contribution >= 0.6 is 0 Å². The van der Waals surface area contributed by atoms with Crippen LogP contribution in [0.3, 0.4) is 0 Å². The van der Waals surface area contributed by atoms with E-state index in [1.165, 1.54) is 11.1 Å². The van der Waals surface area contributed by atoms with Crippen molar-refractivity contribution in [2.45, 2.75) is 33.1 Å². The number of aryl methyl sites for hydroxylation is 2. The molecule has 5 heteroatoms. The molecule has 230 valence electrons. The van der Waals surface area contributed by atoms with Crippen LogP contribution in [0.4, 0.5) is 17.1 Å². The van der Waals surface area contributed by atoms with Crippen LogP contribution in [-0.4, -0.2) is 11.9 Å². The molecule has 5 aromatic rings. The summed E-state index contributed by atoms with van der Waals surface area (Å²) >= 11 is 0. The largest absolute Gasteiger partial charge is 0.423 e. The van der Waals surface area contributed by atoms with Crippen molar-refractivity contribution in [3.63, 3.8) is 0 Å². The molecule has 5 nitrogen and oxygen atoms in total. The number of unbranched alkanes of at least 4 members (excludes halogenated alkanes) is 1. The van der Waals surface area contributed by atoms with Gasteiger partial charge in [0, 0.05) is 29.2 Å². The van der Waals surface area contributed by atoms with E-state index in [1.807, 2.05) is 24.3 Å². The topological polar surface area (TPSA) is 55.8 Å². The first-order chi connectivity index (χ1) is 22.4. The SMILES string of the molecule is C=CC(=O)Oc1ccc(-c2ccc(N(c3ccc(-c4ccc(OC(=O)C=C)cc4)cc3)c3ccc(C)c(CCCC)c3)cc2)cc1. The molecule has 0 aliphatic carbocycles. The Morgan fingerprint density at radius 2 is 1.00 bits per heavy atom. The zero-order valence-electron chi connectivity index (χ0n) is 26.2. The summed E-state index contributed by atoms with van der Waals surface area (Å²) in [6.45, 7) is 11.3. The molecule has 0 radical (unpaired) electrons. The van der Waals surface area contributed by atoms with Gasteiger partial charge in [0.1, 0.15) is 11.5 Å². The van der Waals surface area contributed by atoms with E-state index in [0.29, 0.717) is 11.5 Å². The van der Waals surface area contributed by atoms with Crippen molar-refractivity contribution in [1.29, 1.82) is 0 Å². The summed E-state index contributed by atoms with van der Waals surface area (Å²) in [7, 11) is 0. The van der Waals surface area contributed by atoms with Crippen LogP contribution in [0, 0.1) is 6.92 Å². The maximum Gasteiger partial charge on any atom is 0.335 e. The van der Waals surface area contributed by atoms with Crippen LogP contribution in [0.25, 0.3) is 22.3 Å². The summed E-state index contributed by atoms with van der Waals surface area (Å²) in [6.07, 6.45) is 5.62. The number of anilines is 3. The highest BCUT2D eigenvalue weighted by molar-refractivity contribution is 5.84. The Morgan fingerprint density at radius 1 is 0.609 bits per heavy atom. The fourth-order valence-corrected chi connectivity index (χ4v) is 5.23. The Labute approximate surface area is 271 Å². The van der Waals surface area contributed by atoms with E-state index in [1.54, 1.807) is 24.3 Å². The van der Waals surface area contributed by atoms with E-state index in [-0.39, 0.29) is 0 Å². The number of hydrogen-bond donors (Lipinski definition) is 0. The Hall–Kier alpha value is -5.68. The van der Waals surface area contributed by atoms with Gasteiger partial charge < -0.3 is 14.4 Å². The van der Waals surface area contributed by atoms with Crippen LogP contribution in [-0.2, 0) is 16.0 Å². The number of ether oxygens (including phenoxy) is 2. The maximum atomic E-state index is 11.5. The predicted molar refractivity (Wildman–Crippen MR) is 187 cm³/mol. The molecule has 0 saturated carbocycles. The molecular formula is C41H37NO4. The summed E-state index contributed by atoms with van der Waals surface area (Å²) in [5.41, 5.74) is 9.95. The van der Waals surface area contributed by atoms with E-state index in [2.05, 4.69) is 98.6 Å². The highest BCUT2D eigenvalue weighted by atomic mass is 16.5. The van der Waals surface area contributed by atoms with Crippen molar-refractivity contribution in [1.82, 2.24) is 0 Å². The third-order valence-electron chi connectivity index (χ3n) is 7.79. The van der Waals surface area contributed by atoms with Gasteiger partial charge in [-0.25, -0.2) is 9.59 Å². The highest BCUT2D eigenvalue weighted by Gasteiger charge is 2.15. The molecule has 0 heterocycles. The van der Waals surface area contributed by atoms with Crippen LogP contribution in [0.1, 0.15) is 30.9 Å². The molecule has 0 N–H and O–H groups in total. The van der Waals surface area contributed by atoms with E-state index in [4.69, 9.17) is 9.47 Å². The normalized spacial score (nSPS) is 10.6. The number of carbonyl (C=O) groups excluding carboxylic acids is 2. The minimum atomic E-state index is -0.483. The fraction of sp³-hybridized carbons (Fsp3) is 0.122. The van der Waals surface area contributed by atoms with E-state index < -0.39 is 11.9 Å². The Bertz CT molecular complexity index is 1710. The minimum Gasteiger partial charge on any atom is -0.423 e. The van der Waals surface area contributed by atoms with Gasteiger partial charge in [0.15, 0.2) is 0 Å². The molecule has 0 bridgehead atoms. The molecule has 0 aromatic heterocycles. The molecule has 5 rings (SSSR count). The molecule has 0 atom stereocenters. The monoisotopic (exact) mass is 607 g/mol. The first kappa shape index (κ1) is 31.7. The van der Waals surface area contributed by atoms with Gasteiger partial charge >= 0.3 is 11.9 Å². The first-order valence-electron chi connectivity index (χ1n) is 15.4. The molecule has 0 spiro atoms. The van der Waals surface area contributed by atoms with Gasteiger partial charge in [-0.3, -0.25) is 0 Å². The lowest BCUT2D eigenvalue weighted by Gasteiger charge is -2.27. The number of carbonyl (C=O) groups is 2. The van der Waals surface area contributed by atoms with Gasteiger partial charge in [-0.1, -0.05) is 81.1 Å². The van der Waals surface area contributed by atoms with Gasteiger partial charge in [0.2, 0.25) is 0 Å². The van der Waals surface area contributed by atoms with Crippen LogP contribution in [0.2, 0.25) is 0 Å². The molecule has 46 heavy (non-hydrogen) atoms. The number of rotatable bonds is 12. The number of hydrogen-bond acceptors (Lipinski definition) is 5. The third kappa shape index (κ3) is 7.69. The molecule has 0 unspecified atom stereocenters. The summed E-state index contributed by atoms with van der Waals surface area (Å²) in [5.74, 6) is -0.0114. The Morgan fingerprint density at radius 3 is 1.39 bits per heavy atom. The summed E-state index contributed by atoms with van der Waals surface area (Å²) in [5, 5.41) is 0. The predicted octanol–water partition coefficient (Wildman–Crippen LogP) is 10.3. The first-order valence-corrected chi connectivity index (χ1v) is 15.4. The molecule has 0 amide bonds. The quantitative estimate of drug-likeness (QED) is 0.0802. The zero-order chi connectivity index (χ0) is 32.5. The van der Waals surface area contributed by atoms with E-state index in [9.17, 15) is 9.59 Å². The second-order valence-corrected chi connectivity index (χ2v) is 10.9. The van der Waals surface area contributed by atoms with Gasteiger partial charge in [0.05, 0.1) is 0 Å². The van der Waals surface area contributed by atoms with Gasteiger partial charge in [0.25, 0.3) is 0 Å². The lowest BCUT2D eigenvalue weighted by Crippen LogP contribution is -2.10. The summed E-state index contributed by atoms with van der Waals surface area (Å²) in [6, 6.07) is 38.5. The molecule has 0 fully saturated rings. The second kappa shape index (κ2) is 14.9. The molecule has 0 saturated heterocycles. The van der Waals surface area contributed by atoms with E-state index >= 15 is 0 Å². The van der Waals surface area contributed by atoms with Gasteiger partial charge in [-0.15, -0.1) is 0 Å². The van der Waals surface area contributed by atoms with Crippen LogP contribution in [0.15, 0.2) is 141 Å². The van der Waals surface area contributed by atoms with Gasteiger partial charge in [-0.05, 0) is 114 Å². The maximum absolute atomic E-state index is 11.5. The summed E-state index contributed by atoms with van der Waals surface area (Å²) in [4.78, 5) is 25.4. The Balaban J connectivity index is 1.46. The van der Waals surface area contributed by atoms with Crippen molar-refractivity contribution in [3.05, 3.63) is 152 Å². The smallest absolute Gasteiger partial charge is 0.335 e. The standard InChI is InChI=1S/C41H37NO4/c1-5-8-9-34-28-37(19-10-29(34)4)42(35-20-11-30(12-21-35)32-15-24-38(25-16-32)45-40(43)6-2)36-22-13-31(14-23-36)33-17-26-39(27-18-33)46-41(44)7-3/h6-7,10-28H,2-3,5,8-9H2,1,4H3. The number of nitrogens with zero attached hydrogens (tertiary/aromatic N) is 1. The zero-order valence-corrected chi connectivity index (χ0v) is 26.2. The average molecular weight is 608 g/mol. The molecule has 0 aliphatic rings. The molecule has 5 aromatic carbocycles.